The maximum atomic E-state index is 11.2. The van der Waals surface area contributed by atoms with E-state index in [1.807, 2.05) is 18.2 Å². The van der Waals surface area contributed by atoms with Crippen LogP contribution in [0.4, 0.5) is 0 Å². The number of H-pyrrole nitrogens is 1. The number of rotatable bonds is 2. The lowest BCUT2D eigenvalue weighted by Gasteiger charge is -2.02. The molecule has 1 aromatic carbocycles. The normalized spacial score (nSPS) is 10.5. The monoisotopic (exact) mass is 202 g/mol. The number of fused-ring (bicyclic) bond motifs is 1. The Morgan fingerprint density at radius 1 is 1.40 bits per heavy atom. The second-order valence-corrected chi connectivity index (χ2v) is 3.42. The summed E-state index contributed by atoms with van der Waals surface area (Å²) in [6.07, 6.45) is 0.234. The molecule has 4 nitrogen and oxygen atoms in total. The van der Waals surface area contributed by atoms with Gasteiger partial charge in [0.05, 0.1) is 5.52 Å². The summed E-state index contributed by atoms with van der Waals surface area (Å²) in [5.74, 6) is 0.0157. The van der Waals surface area contributed by atoms with Gasteiger partial charge in [0.1, 0.15) is 5.78 Å². The van der Waals surface area contributed by atoms with Gasteiger partial charge in [-0.25, -0.2) is 4.79 Å². The van der Waals surface area contributed by atoms with E-state index < -0.39 is 5.69 Å². The minimum atomic E-state index is -0.412. The Morgan fingerprint density at radius 2 is 2.13 bits per heavy atom. The van der Waals surface area contributed by atoms with Gasteiger partial charge >= 0.3 is 5.69 Å². The number of nitrogens with zero attached hydrogens (tertiary/aromatic N) is 1. The largest absolute Gasteiger partial charge is 0.345 e. The summed E-state index contributed by atoms with van der Waals surface area (Å²) < 4.78 is 0. The average Bonchev–Trinajstić information content (AvgIpc) is 2.16. The van der Waals surface area contributed by atoms with Crippen LogP contribution in [0, 0.1) is 0 Å². The van der Waals surface area contributed by atoms with E-state index >= 15 is 0 Å². The first-order valence-electron chi connectivity index (χ1n) is 4.64. The van der Waals surface area contributed by atoms with Crippen molar-refractivity contribution in [3.63, 3.8) is 0 Å². The van der Waals surface area contributed by atoms with Crippen LogP contribution in [0.3, 0.4) is 0 Å². The van der Waals surface area contributed by atoms with Crippen LogP contribution in [0.15, 0.2) is 29.1 Å². The second kappa shape index (κ2) is 3.65. The average molecular weight is 202 g/mol. The molecule has 0 amide bonds. The molecular formula is C11H10N2O2. The van der Waals surface area contributed by atoms with Gasteiger partial charge in [-0.3, -0.25) is 4.79 Å². The Bertz CT molecular complexity index is 572. The minimum absolute atomic E-state index is 0.0157. The second-order valence-electron chi connectivity index (χ2n) is 3.42. The number of Topliss-reactive ketones (excluding diaryl/α,β-unsaturated/α-hetero) is 1. The van der Waals surface area contributed by atoms with Crippen LogP contribution >= 0.6 is 0 Å². The van der Waals surface area contributed by atoms with Gasteiger partial charge in [0.2, 0.25) is 0 Å². The number of carbonyl (C=O) groups is 1. The van der Waals surface area contributed by atoms with Gasteiger partial charge in [0.25, 0.3) is 0 Å². The van der Waals surface area contributed by atoms with Crippen molar-refractivity contribution in [2.24, 2.45) is 0 Å². The lowest BCUT2D eigenvalue weighted by atomic mass is 10.1. The molecule has 0 spiro atoms. The third-order valence-electron chi connectivity index (χ3n) is 2.13. The Morgan fingerprint density at radius 3 is 2.87 bits per heavy atom. The smallest absolute Gasteiger partial charge is 0.309 e. The van der Waals surface area contributed by atoms with Crippen molar-refractivity contribution in [3.8, 4) is 0 Å². The van der Waals surface area contributed by atoms with E-state index in [0.29, 0.717) is 11.2 Å². The summed E-state index contributed by atoms with van der Waals surface area (Å²) in [5.41, 5.74) is 0.848. The van der Waals surface area contributed by atoms with Crippen LogP contribution < -0.4 is 5.69 Å². The fourth-order valence-electron chi connectivity index (χ4n) is 1.55. The zero-order valence-electron chi connectivity index (χ0n) is 8.28. The molecule has 0 fully saturated rings. The van der Waals surface area contributed by atoms with E-state index in [0.717, 1.165) is 5.39 Å². The Hall–Kier alpha value is -1.97. The van der Waals surface area contributed by atoms with Crippen LogP contribution in [0.1, 0.15) is 12.6 Å². The number of hydrogen-bond acceptors (Lipinski definition) is 3. The van der Waals surface area contributed by atoms with Crippen molar-refractivity contribution in [2.45, 2.75) is 13.3 Å². The third-order valence-corrected chi connectivity index (χ3v) is 2.13. The Labute approximate surface area is 86.0 Å². The molecule has 0 bridgehead atoms. The van der Waals surface area contributed by atoms with E-state index in [2.05, 4.69) is 9.97 Å². The van der Waals surface area contributed by atoms with Gasteiger partial charge in [-0.15, -0.1) is 0 Å². The highest BCUT2D eigenvalue weighted by atomic mass is 16.1. The van der Waals surface area contributed by atoms with Gasteiger partial charge in [0, 0.05) is 17.5 Å². The minimum Gasteiger partial charge on any atom is -0.309 e. The fourth-order valence-corrected chi connectivity index (χ4v) is 1.55. The molecule has 2 rings (SSSR count). The molecule has 0 saturated carbocycles. The summed E-state index contributed by atoms with van der Waals surface area (Å²) in [5, 5.41) is 0.826. The van der Waals surface area contributed by atoms with Crippen molar-refractivity contribution in [2.75, 3.05) is 0 Å². The number of benzene rings is 1. The number of hydrogen-bond donors (Lipinski definition) is 1. The third kappa shape index (κ3) is 1.93. The predicted octanol–water partition coefficient (Wildman–Crippen LogP) is 1.05. The standard InChI is InChI=1S/C11H10N2O2/c1-7(14)6-10-8-4-2-3-5-9(8)12-11(15)13-10/h2-5H,6H2,1H3,(H,12,13,15). The zero-order chi connectivity index (χ0) is 10.8. The number of para-hydroxylation sites is 1. The van der Waals surface area contributed by atoms with Crippen LogP contribution in [-0.2, 0) is 11.2 Å². The lowest BCUT2D eigenvalue weighted by Crippen LogP contribution is -2.14. The van der Waals surface area contributed by atoms with E-state index in [1.54, 1.807) is 6.07 Å². The summed E-state index contributed by atoms with van der Waals surface area (Å²) >= 11 is 0. The van der Waals surface area contributed by atoms with E-state index in [-0.39, 0.29) is 12.2 Å². The number of aromatic nitrogens is 2. The summed E-state index contributed by atoms with van der Waals surface area (Å²) in [7, 11) is 0. The molecule has 0 radical (unpaired) electrons. The van der Waals surface area contributed by atoms with Gasteiger partial charge in [0.15, 0.2) is 0 Å². The maximum absolute atomic E-state index is 11.2. The van der Waals surface area contributed by atoms with E-state index in [1.165, 1.54) is 6.92 Å². The van der Waals surface area contributed by atoms with E-state index in [9.17, 15) is 9.59 Å². The number of nitrogens with one attached hydrogen (secondary N) is 1. The molecule has 15 heavy (non-hydrogen) atoms. The number of carbonyl (C=O) groups excluding carboxylic acids is 1. The first-order valence-corrected chi connectivity index (χ1v) is 4.64. The molecule has 76 valence electrons. The van der Waals surface area contributed by atoms with Gasteiger partial charge in [-0.2, -0.15) is 4.98 Å². The number of aromatic amines is 1. The molecule has 1 N–H and O–H groups in total. The van der Waals surface area contributed by atoms with Crippen LogP contribution in [0.25, 0.3) is 10.9 Å². The van der Waals surface area contributed by atoms with Crippen molar-refractivity contribution in [1.82, 2.24) is 9.97 Å². The summed E-state index contributed by atoms with van der Waals surface area (Å²) in [6, 6.07) is 7.27. The van der Waals surface area contributed by atoms with Crippen LogP contribution in [0.5, 0.6) is 0 Å². The molecule has 0 aliphatic carbocycles. The molecule has 0 unspecified atom stereocenters. The summed E-state index contributed by atoms with van der Waals surface area (Å²) in [4.78, 5) is 28.6. The highest BCUT2D eigenvalue weighted by molar-refractivity contribution is 5.86. The number of ketones is 1. The molecule has 1 heterocycles. The first kappa shape index (κ1) is 9.58. The lowest BCUT2D eigenvalue weighted by molar-refractivity contribution is -0.116. The molecule has 0 saturated heterocycles. The summed E-state index contributed by atoms with van der Waals surface area (Å²) in [6.45, 7) is 1.49. The van der Waals surface area contributed by atoms with Gasteiger partial charge in [-0.1, -0.05) is 18.2 Å². The molecule has 4 heteroatoms. The molecule has 2 aromatic rings. The van der Waals surface area contributed by atoms with E-state index in [4.69, 9.17) is 0 Å². The maximum Gasteiger partial charge on any atom is 0.345 e. The molecule has 0 aliphatic heterocycles. The van der Waals surface area contributed by atoms with Crippen LogP contribution in [0.2, 0.25) is 0 Å². The Balaban J connectivity index is 2.71. The quantitative estimate of drug-likeness (QED) is 0.791. The predicted molar refractivity (Wildman–Crippen MR) is 56.7 cm³/mol. The van der Waals surface area contributed by atoms with Crippen molar-refractivity contribution < 1.29 is 4.79 Å². The molecular weight excluding hydrogens is 192 g/mol. The zero-order valence-corrected chi connectivity index (χ0v) is 8.28. The highest BCUT2D eigenvalue weighted by Gasteiger charge is 2.05. The molecule has 0 atom stereocenters. The molecule has 1 aromatic heterocycles. The first-order chi connectivity index (χ1) is 7.16. The van der Waals surface area contributed by atoms with Gasteiger partial charge < -0.3 is 4.98 Å². The van der Waals surface area contributed by atoms with Crippen molar-refractivity contribution >= 4 is 16.7 Å². The highest BCUT2D eigenvalue weighted by Crippen LogP contribution is 2.12. The SMILES string of the molecule is CC(=O)Cc1[nH]c(=O)nc2ccccc12. The fraction of sp³-hybridized carbons (Fsp3) is 0.182. The van der Waals surface area contributed by atoms with Crippen molar-refractivity contribution in [1.29, 1.82) is 0 Å². The van der Waals surface area contributed by atoms with Gasteiger partial charge in [-0.05, 0) is 13.0 Å². The Kier molecular flexibility index (Phi) is 2.33. The topological polar surface area (TPSA) is 62.8 Å². The van der Waals surface area contributed by atoms with Crippen LogP contribution in [-0.4, -0.2) is 15.8 Å². The van der Waals surface area contributed by atoms with Crippen molar-refractivity contribution in [3.05, 3.63) is 40.4 Å². The molecule has 0 aliphatic rings.